The molecule has 0 saturated heterocycles. The lowest BCUT2D eigenvalue weighted by Crippen LogP contribution is -2.13. The average molecular weight is 157 g/mol. The number of rotatable bonds is 5. The van der Waals surface area contributed by atoms with Crippen molar-refractivity contribution in [1.29, 1.82) is 0 Å². The zero-order chi connectivity index (χ0) is 8.91. The van der Waals surface area contributed by atoms with Crippen LogP contribution in [0.5, 0.6) is 0 Å². The maximum atomic E-state index is 10.4. The van der Waals surface area contributed by atoms with Crippen molar-refractivity contribution in [2.75, 3.05) is 0 Å². The lowest BCUT2D eigenvalue weighted by atomic mass is 9.85. The molecule has 0 aliphatic carbocycles. The molecule has 66 valence electrons. The largest absolute Gasteiger partial charge is 0.370 e. The van der Waals surface area contributed by atoms with Crippen molar-refractivity contribution >= 4 is 5.91 Å². The van der Waals surface area contributed by atoms with Crippen LogP contribution in [0.3, 0.4) is 0 Å². The van der Waals surface area contributed by atoms with Crippen LogP contribution >= 0.6 is 0 Å². The van der Waals surface area contributed by atoms with Gasteiger partial charge in [0.25, 0.3) is 0 Å². The molecule has 0 unspecified atom stereocenters. The van der Waals surface area contributed by atoms with E-state index in [0.717, 1.165) is 19.3 Å². The van der Waals surface area contributed by atoms with Gasteiger partial charge in [0.1, 0.15) is 0 Å². The van der Waals surface area contributed by atoms with Gasteiger partial charge < -0.3 is 5.73 Å². The molecule has 0 aliphatic rings. The van der Waals surface area contributed by atoms with Crippen LogP contribution in [0.4, 0.5) is 0 Å². The van der Waals surface area contributed by atoms with Crippen LogP contribution in [-0.2, 0) is 4.79 Å². The third kappa shape index (κ3) is 5.89. The zero-order valence-electron chi connectivity index (χ0n) is 7.81. The molecular formula is C9H19NO. The summed E-state index contributed by atoms with van der Waals surface area (Å²) in [6, 6.07) is 0. The molecule has 0 saturated carbocycles. The molecule has 0 fully saturated rings. The van der Waals surface area contributed by atoms with E-state index in [2.05, 4.69) is 20.8 Å². The van der Waals surface area contributed by atoms with Gasteiger partial charge in [-0.1, -0.05) is 27.2 Å². The lowest BCUT2D eigenvalue weighted by molar-refractivity contribution is -0.118. The van der Waals surface area contributed by atoms with Crippen LogP contribution in [0.25, 0.3) is 0 Å². The first-order chi connectivity index (χ1) is 4.98. The van der Waals surface area contributed by atoms with Gasteiger partial charge in [-0.15, -0.1) is 0 Å². The summed E-state index contributed by atoms with van der Waals surface area (Å²) in [4.78, 5) is 10.4. The number of carbonyl (C=O) groups is 1. The minimum Gasteiger partial charge on any atom is -0.370 e. The molecule has 11 heavy (non-hydrogen) atoms. The second-order valence-corrected chi connectivity index (χ2v) is 3.84. The highest BCUT2D eigenvalue weighted by atomic mass is 16.1. The van der Waals surface area contributed by atoms with Crippen molar-refractivity contribution < 1.29 is 4.79 Å². The molecule has 2 N–H and O–H groups in total. The highest BCUT2D eigenvalue weighted by molar-refractivity contribution is 5.73. The fraction of sp³-hybridized carbons (Fsp3) is 0.889. The van der Waals surface area contributed by atoms with Gasteiger partial charge in [-0.25, -0.2) is 0 Å². The van der Waals surface area contributed by atoms with Gasteiger partial charge in [-0.3, -0.25) is 4.79 Å². The molecule has 0 rings (SSSR count). The summed E-state index contributed by atoms with van der Waals surface area (Å²) in [7, 11) is 0. The normalized spacial score (nSPS) is 11.5. The van der Waals surface area contributed by atoms with E-state index in [0.29, 0.717) is 11.8 Å². The highest BCUT2D eigenvalue weighted by Crippen LogP contribution is 2.26. The van der Waals surface area contributed by atoms with Gasteiger partial charge in [-0.2, -0.15) is 0 Å². The molecule has 1 amide bonds. The van der Waals surface area contributed by atoms with Crippen molar-refractivity contribution in [3.8, 4) is 0 Å². The molecule has 0 aromatic carbocycles. The molecule has 0 bridgehead atoms. The van der Waals surface area contributed by atoms with E-state index in [1.54, 1.807) is 0 Å². The summed E-state index contributed by atoms with van der Waals surface area (Å²) in [6.07, 6.45) is 3.71. The van der Waals surface area contributed by atoms with E-state index in [1.165, 1.54) is 0 Å². The van der Waals surface area contributed by atoms with Gasteiger partial charge in [0.2, 0.25) is 5.91 Å². The fourth-order valence-electron chi connectivity index (χ4n) is 0.918. The van der Waals surface area contributed by atoms with Crippen LogP contribution in [0, 0.1) is 5.41 Å². The monoisotopic (exact) mass is 157 g/mol. The molecule has 0 aromatic rings. The number of amides is 1. The molecule has 2 nitrogen and oxygen atoms in total. The summed E-state index contributed by atoms with van der Waals surface area (Å²) in [5.41, 5.74) is 5.39. The van der Waals surface area contributed by atoms with Crippen LogP contribution in [-0.4, -0.2) is 5.91 Å². The van der Waals surface area contributed by atoms with Gasteiger partial charge >= 0.3 is 0 Å². The Morgan fingerprint density at radius 1 is 1.45 bits per heavy atom. The van der Waals surface area contributed by atoms with Gasteiger partial charge in [0.05, 0.1) is 0 Å². The number of nitrogens with two attached hydrogens (primary N) is 1. The van der Waals surface area contributed by atoms with E-state index in [4.69, 9.17) is 5.73 Å². The number of carbonyl (C=O) groups excluding carboxylic acids is 1. The quantitative estimate of drug-likeness (QED) is 0.652. The summed E-state index contributed by atoms with van der Waals surface area (Å²) in [5, 5.41) is 0. The number of hydrogen-bond donors (Lipinski definition) is 1. The van der Waals surface area contributed by atoms with E-state index in [-0.39, 0.29) is 5.91 Å². The third-order valence-electron chi connectivity index (χ3n) is 2.23. The van der Waals surface area contributed by atoms with Gasteiger partial charge in [0, 0.05) is 6.42 Å². The first-order valence-electron chi connectivity index (χ1n) is 4.26. The Morgan fingerprint density at radius 2 is 2.00 bits per heavy atom. The molecule has 0 heterocycles. The number of primary amides is 1. The van der Waals surface area contributed by atoms with Crippen molar-refractivity contribution in [2.24, 2.45) is 11.1 Å². The summed E-state index contributed by atoms with van der Waals surface area (Å²) >= 11 is 0. The maximum absolute atomic E-state index is 10.4. The Morgan fingerprint density at radius 3 is 2.36 bits per heavy atom. The summed E-state index contributed by atoms with van der Waals surface area (Å²) in [5.74, 6) is -0.183. The maximum Gasteiger partial charge on any atom is 0.217 e. The molecule has 2 heteroatoms. The minimum absolute atomic E-state index is 0.183. The van der Waals surface area contributed by atoms with Gasteiger partial charge in [0.15, 0.2) is 0 Å². The second-order valence-electron chi connectivity index (χ2n) is 3.84. The highest BCUT2D eigenvalue weighted by Gasteiger charge is 2.14. The van der Waals surface area contributed by atoms with Crippen molar-refractivity contribution in [2.45, 2.75) is 46.5 Å². The van der Waals surface area contributed by atoms with Crippen molar-refractivity contribution in [3.05, 3.63) is 0 Å². The average Bonchev–Trinajstić information content (AvgIpc) is 1.87. The van der Waals surface area contributed by atoms with Crippen LogP contribution < -0.4 is 5.73 Å². The predicted molar refractivity (Wildman–Crippen MR) is 47.1 cm³/mol. The minimum atomic E-state index is -0.183. The Bertz CT molecular complexity index is 130. The molecule has 0 radical (unpaired) electrons. The lowest BCUT2D eigenvalue weighted by Gasteiger charge is -2.21. The topological polar surface area (TPSA) is 43.1 Å². The summed E-state index contributed by atoms with van der Waals surface area (Å²) in [6.45, 7) is 6.60. The van der Waals surface area contributed by atoms with Crippen molar-refractivity contribution in [1.82, 2.24) is 0 Å². The smallest absolute Gasteiger partial charge is 0.217 e. The van der Waals surface area contributed by atoms with E-state index >= 15 is 0 Å². The van der Waals surface area contributed by atoms with Gasteiger partial charge in [-0.05, 0) is 18.3 Å². The summed E-state index contributed by atoms with van der Waals surface area (Å²) < 4.78 is 0. The molecule has 0 atom stereocenters. The Hall–Kier alpha value is -0.530. The zero-order valence-corrected chi connectivity index (χ0v) is 7.81. The van der Waals surface area contributed by atoms with E-state index < -0.39 is 0 Å². The Kier molecular flexibility index (Phi) is 4.16. The van der Waals surface area contributed by atoms with Crippen LogP contribution in [0.15, 0.2) is 0 Å². The molecule has 0 aliphatic heterocycles. The molecular weight excluding hydrogens is 138 g/mol. The SMILES string of the molecule is CCC(C)(C)CCCC(N)=O. The third-order valence-corrected chi connectivity index (χ3v) is 2.23. The second kappa shape index (κ2) is 4.37. The first-order valence-corrected chi connectivity index (χ1v) is 4.26. The van der Waals surface area contributed by atoms with Crippen LogP contribution in [0.2, 0.25) is 0 Å². The predicted octanol–water partition coefficient (Wildman–Crippen LogP) is 2.08. The Balaban J connectivity index is 3.45. The van der Waals surface area contributed by atoms with E-state index in [9.17, 15) is 4.79 Å². The molecule has 0 spiro atoms. The number of hydrogen-bond acceptors (Lipinski definition) is 1. The van der Waals surface area contributed by atoms with Crippen LogP contribution in [0.1, 0.15) is 46.5 Å². The van der Waals surface area contributed by atoms with E-state index in [1.807, 2.05) is 0 Å². The van der Waals surface area contributed by atoms with Crippen molar-refractivity contribution in [3.63, 3.8) is 0 Å². The molecule has 0 aromatic heterocycles. The fourth-order valence-corrected chi connectivity index (χ4v) is 0.918. The standard InChI is InChI=1S/C9H19NO/c1-4-9(2,3)7-5-6-8(10)11/h4-7H2,1-3H3,(H2,10,11). The Labute approximate surface area is 69.2 Å². The first kappa shape index (κ1) is 10.5.